The molecule has 0 bridgehead atoms. The highest BCUT2D eigenvalue weighted by atomic mass is 19.4. The van der Waals surface area contributed by atoms with Crippen LogP contribution in [0.25, 0.3) is 5.69 Å². The van der Waals surface area contributed by atoms with Gasteiger partial charge in [-0.25, -0.2) is 4.68 Å². The number of hydrogen-bond donors (Lipinski definition) is 2. The van der Waals surface area contributed by atoms with E-state index in [-0.39, 0.29) is 29.6 Å². The molecule has 1 heterocycles. The van der Waals surface area contributed by atoms with E-state index >= 15 is 0 Å². The molecule has 168 valence electrons. The molecule has 0 aliphatic rings. The number of amides is 2. The second kappa shape index (κ2) is 9.25. The predicted octanol–water partition coefficient (Wildman–Crippen LogP) is 4.72. The Balaban J connectivity index is 1.71. The zero-order valence-electron chi connectivity index (χ0n) is 17.8. The quantitative estimate of drug-likeness (QED) is 0.578. The molecule has 9 heteroatoms. The van der Waals surface area contributed by atoms with Gasteiger partial charge in [0.25, 0.3) is 5.91 Å². The van der Waals surface area contributed by atoms with Crippen LogP contribution < -0.4 is 10.6 Å². The summed E-state index contributed by atoms with van der Waals surface area (Å²) in [5.74, 6) is -0.671. The molecular weight excluding hydrogens is 421 g/mol. The van der Waals surface area contributed by atoms with Gasteiger partial charge in [-0.05, 0) is 42.8 Å². The number of nitrogens with zero attached hydrogens (tertiary/aromatic N) is 2. The number of halogens is 3. The number of alkyl halides is 3. The standard InChI is InChI=1S/C23H23F3N4O2/c1-14(2)21(31)29-18-8-4-6-16(10-18)12-27-22(32)20-13-28-30(15(20)3)19-9-5-7-17(11-19)23(24,25)26/h4-11,13-14H,12H2,1-3H3,(H,27,32)(H,29,31). The molecule has 3 aromatic rings. The van der Waals surface area contributed by atoms with E-state index in [0.29, 0.717) is 11.4 Å². The number of rotatable bonds is 6. The first kappa shape index (κ1) is 23.1. The van der Waals surface area contributed by atoms with Crippen LogP contribution in [0, 0.1) is 12.8 Å². The normalized spacial score (nSPS) is 11.5. The third-order valence-electron chi connectivity index (χ3n) is 4.84. The van der Waals surface area contributed by atoms with E-state index in [9.17, 15) is 22.8 Å². The second-order valence-corrected chi connectivity index (χ2v) is 7.63. The van der Waals surface area contributed by atoms with Crippen LogP contribution in [-0.2, 0) is 17.5 Å². The van der Waals surface area contributed by atoms with E-state index in [2.05, 4.69) is 15.7 Å². The fraction of sp³-hybridized carbons (Fsp3) is 0.261. The number of benzene rings is 2. The first-order chi connectivity index (χ1) is 15.1. The maximum Gasteiger partial charge on any atom is 0.416 e. The summed E-state index contributed by atoms with van der Waals surface area (Å²) in [7, 11) is 0. The molecule has 0 spiro atoms. The van der Waals surface area contributed by atoms with Crippen LogP contribution in [0.5, 0.6) is 0 Å². The van der Waals surface area contributed by atoms with E-state index in [4.69, 9.17) is 0 Å². The lowest BCUT2D eigenvalue weighted by Crippen LogP contribution is -2.23. The Bertz CT molecular complexity index is 1140. The highest BCUT2D eigenvalue weighted by Gasteiger charge is 2.30. The van der Waals surface area contributed by atoms with Crippen LogP contribution in [0.1, 0.15) is 41.0 Å². The SMILES string of the molecule is Cc1c(C(=O)NCc2cccc(NC(=O)C(C)C)c2)cnn1-c1cccc(C(F)(F)F)c1. The van der Waals surface area contributed by atoms with Gasteiger partial charge in [0.05, 0.1) is 28.7 Å². The molecule has 2 N–H and O–H groups in total. The van der Waals surface area contributed by atoms with Crippen molar-refractivity contribution in [2.75, 3.05) is 5.32 Å². The van der Waals surface area contributed by atoms with Crippen molar-refractivity contribution < 1.29 is 22.8 Å². The van der Waals surface area contributed by atoms with Gasteiger partial charge < -0.3 is 10.6 Å². The Hall–Kier alpha value is -3.62. The van der Waals surface area contributed by atoms with Crippen molar-refractivity contribution in [3.63, 3.8) is 0 Å². The third-order valence-corrected chi connectivity index (χ3v) is 4.84. The van der Waals surface area contributed by atoms with Gasteiger partial charge in [0.1, 0.15) is 0 Å². The number of carbonyl (C=O) groups is 2. The van der Waals surface area contributed by atoms with Crippen LogP contribution in [0.15, 0.2) is 54.7 Å². The zero-order chi connectivity index (χ0) is 23.5. The zero-order valence-corrected chi connectivity index (χ0v) is 17.8. The van der Waals surface area contributed by atoms with Gasteiger partial charge in [0, 0.05) is 18.2 Å². The van der Waals surface area contributed by atoms with Crippen molar-refractivity contribution in [2.24, 2.45) is 5.92 Å². The fourth-order valence-corrected chi connectivity index (χ4v) is 3.03. The Labute approximate surface area is 183 Å². The van der Waals surface area contributed by atoms with E-state index < -0.39 is 17.6 Å². The number of nitrogens with one attached hydrogen (secondary N) is 2. The van der Waals surface area contributed by atoms with E-state index in [1.807, 2.05) is 6.07 Å². The Kier molecular flexibility index (Phi) is 6.67. The first-order valence-electron chi connectivity index (χ1n) is 9.96. The summed E-state index contributed by atoms with van der Waals surface area (Å²) in [6.07, 6.45) is -3.15. The minimum absolute atomic E-state index is 0.108. The topological polar surface area (TPSA) is 76.0 Å². The molecule has 2 amide bonds. The number of anilines is 1. The van der Waals surface area contributed by atoms with Gasteiger partial charge in [-0.3, -0.25) is 9.59 Å². The maximum atomic E-state index is 13.0. The average molecular weight is 444 g/mol. The molecule has 0 aliphatic carbocycles. The summed E-state index contributed by atoms with van der Waals surface area (Å²) < 4.78 is 40.3. The number of hydrogen-bond acceptors (Lipinski definition) is 3. The lowest BCUT2D eigenvalue weighted by atomic mass is 10.1. The maximum absolute atomic E-state index is 13.0. The lowest BCUT2D eigenvalue weighted by Gasteiger charge is -2.11. The molecule has 1 aromatic heterocycles. The van der Waals surface area contributed by atoms with Crippen molar-refractivity contribution in [1.82, 2.24) is 15.1 Å². The summed E-state index contributed by atoms with van der Waals surface area (Å²) in [5.41, 5.74) is 1.50. The molecule has 0 radical (unpaired) electrons. The van der Waals surface area contributed by atoms with Crippen LogP contribution in [0.4, 0.5) is 18.9 Å². The minimum atomic E-state index is -4.47. The van der Waals surface area contributed by atoms with Gasteiger partial charge in [-0.2, -0.15) is 18.3 Å². The second-order valence-electron chi connectivity index (χ2n) is 7.63. The summed E-state index contributed by atoms with van der Waals surface area (Å²) in [6, 6.07) is 11.9. The van der Waals surface area contributed by atoms with Crippen molar-refractivity contribution >= 4 is 17.5 Å². The Morgan fingerprint density at radius 3 is 2.50 bits per heavy atom. The molecule has 0 atom stereocenters. The van der Waals surface area contributed by atoms with Crippen LogP contribution in [0.3, 0.4) is 0 Å². The monoisotopic (exact) mass is 444 g/mol. The first-order valence-corrected chi connectivity index (χ1v) is 9.96. The lowest BCUT2D eigenvalue weighted by molar-refractivity contribution is -0.137. The van der Waals surface area contributed by atoms with E-state index in [1.165, 1.54) is 23.0 Å². The summed E-state index contributed by atoms with van der Waals surface area (Å²) in [6.45, 7) is 5.41. The molecule has 0 unspecified atom stereocenters. The van der Waals surface area contributed by atoms with Crippen LogP contribution >= 0.6 is 0 Å². The van der Waals surface area contributed by atoms with Gasteiger partial charge in [-0.1, -0.05) is 32.0 Å². The average Bonchev–Trinajstić information content (AvgIpc) is 3.13. The van der Waals surface area contributed by atoms with Gasteiger partial charge in [-0.15, -0.1) is 0 Å². The van der Waals surface area contributed by atoms with Crippen molar-refractivity contribution in [3.8, 4) is 5.69 Å². The van der Waals surface area contributed by atoms with Gasteiger partial charge in [0.15, 0.2) is 0 Å². The summed E-state index contributed by atoms with van der Waals surface area (Å²) >= 11 is 0. The molecule has 0 saturated heterocycles. The van der Waals surface area contributed by atoms with Crippen molar-refractivity contribution in [3.05, 3.63) is 77.1 Å². The summed E-state index contributed by atoms with van der Waals surface area (Å²) in [4.78, 5) is 24.5. The molecule has 0 fully saturated rings. The Morgan fingerprint density at radius 1 is 1.09 bits per heavy atom. The molecule has 0 saturated carbocycles. The van der Waals surface area contributed by atoms with Crippen LogP contribution in [-0.4, -0.2) is 21.6 Å². The number of aromatic nitrogens is 2. The van der Waals surface area contributed by atoms with Gasteiger partial charge in [0.2, 0.25) is 5.91 Å². The van der Waals surface area contributed by atoms with Crippen molar-refractivity contribution in [1.29, 1.82) is 0 Å². The highest BCUT2D eigenvalue weighted by Crippen LogP contribution is 2.30. The minimum Gasteiger partial charge on any atom is -0.348 e. The Morgan fingerprint density at radius 2 is 1.81 bits per heavy atom. The molecule has 2 aromatic carbocycles. The van der Waals surface area contributed by atoms with Crippen LogP contribution in [0.2, 0.25) is 0 Å². The number of carbonyl (C=O) groups excluding carboxylic acids is 2. The highest BCUT2D eigenvalue weighted by molar-refractivity contribution is 5.95. The molecular formula is C23H23F3N4O2. The molecule has 32 heavy (non-hydrogen) atoms. The smallest absolute Gasteiger partial charge is 0.348 e. The predicted molar refractivity (Wildman–Crippen MR) is 114 cm³/mol. The molecule has 0 aliphatic heterocycles. The van der Waals surface area contributed by atoms with E-state index in [1.54, 1.807) is 39.0 Å². The van der Waals surface area contributed by atoms with Crippen molar-refractivity contribution in [2.45, 2.75) is 33.5 Å². The van der Waals surface area contributed by atoms with Gasteiger partial charge >= 0.3 is 6.18 Å². The largest absolute Gasteiger partial charge is 0.416 e. The summed E-state index contributed by atoms with van der Waals surface area (Å²) in [5, 5.41) is 9.67. The molecule has 6 nitrogen and oxygen atoms in total. The van der Waals surface area contributed by atoms with E-state index in [0.717, 1.165) is 17.7 Å². The fourth-order valence-electron chi connectivity index (χ4n) is 3.03. The molecule has 3 rings (SSSR count). The third kappa shape index (κ3) is 5.35.